The first-order valence-electron chi connectivity index (χ1n) is 9.03. The van der Waals surface area contributed by atoms with Gasteiger partial charge >= 0.3 is 0 Å². The molecule has 1 aliphatic heterocycles. The van der Waals surface area contributed by atoms with Crippen molar-refractivity contribution in [1.29, 1.82) is 0 Å². The number of nitrogens with zero attached hydrogens (tertiary/aromatic N) is 2. The highest BCUT2D eigenvalue weighted by molar-refractivity contribution is 6.30. The minimum Gasteiger partial charge on any atom is -0.376 e. The zero-order valence-corrected chi connectivity index (χ0v) is 15.9. The van der Waals surface area contributed by atoms with Crippen molar-refractivity contribution in [2.75, 3.05) is 6.61 Å². The Hall–Kier alpha value is -2.70. The Morgan fingerprint density at radius 1 is 1.14 bits per heavy atom. The monoisotopic (exact) mass is 399 g/mol. The smallest absolute Gasteiger partial charge is 0.272 e. The van der Waals surface area contributed by atoms with Crippen LogP contribution in [0.25, 0.3) is 0 Å². The first kappa shape index (κ1) is 18.7. The molecule has 0 fully saturated rings. The zero-order valence-electron chi connectivity index (χ0n) is 15.1. The molecule has 2 heterocycles. The Kier molecular flexibility index (Phi) is 5.41. The summed E-state index contributed by atoms with van der Waals surface area (Å²) in [6, 6.07) is 13.6. The Labute approximate surface area is 167 Å². The van der Waals surface area contributed by atoms with E-state index < -0.39 is 0 Å². The van der Waals surface area contributed by atoms with Crippen molar-refractivity contribution in [2.45, 2.75) is 26.1 Å². The summed E-state index contributed by atoms with van der Waals surface area (Å²) >= 11 is 5.89. The molecule has 1 aromatic heterocycles. The van der Waals surface area contributed by atoms with Gasteiger partial charge in [0.15, 0.2) is 5.69 Å². The fraction of sp³-hybridized carbons (Fsp3) is 0.238. The molecule has 144 valence electrons. The molecule has 4 rings (SSSR count). The van der Waals surface area contributed by atoms with Crippen LogP contribution in [0, 0.1) is 5.82 Å². The van der Waals surface area contributed by atoms with Crippen LogP contribution in [0.3, 0.4) is 0 Å². The second-order valence-corrected chi connectivity index (χ2v) is 7.11. The van der Waals surface area contributed by atoms with Gasteiger partial charge in [-0.3, -0.25) is 9.48 Å². The van der Waals surface area contributed by atoms with Gasteiger partial charge < -0.3 is 10.1 Å². The summed E-state index contributed by atoms with van der Waals surface area (Å²) in [7, 11) is 0. The van der Waals surface area contributed by atoms with Gasteiger partial charge in [-0.25, -0.2) is 4.39 Å². The predicted octanol–water partition coefficient (Wildman–Crippen LogP) is 3.73. The Balaban J connectivity index is 1.54. The van der Waals surface area contributed by atoms with E-state index in [1.54, 1.807) is 24.3 Å². The number of amides is 1. The van der Waals surface area contributed by atoms with Crippen LogP contribution >= 0.6 is 11.6 Å². The molecule has 0 radical (unpaired) electrons. The predicted molar refractivity (Wildman–Crippen MR) is 104 cm³/mol. The molecule has 1 aliphatic rings. The van der Waals surface area contributed by atoms with E-state index in [1.165, 1.54) is 12.1 Å². The summed E-state index contributed by atoms with van der Waals surface area (Å²) in [4.78, 5) is 12.7. The number of halogens is 2. The first-order chi connectivity index (χ1) is 13.6. The molecule has 0 aliphatic carbocycles. The van der Waals surface area contributed by atoms with Crippen LogP contribution in [0.4, 0.5) is 4.39 Å². The number of rotatable bonds is 5. The highest BCUT2D eigenvalue weighted by atomic mass is 35.5. The average Bonchev–Trinajstić information content (AvgIpc) is 3.08. The molecule has 0 saturated carbocycles. The second-order valence-electron chi connectivity index (χ2n) is 6.67. The molecule has 0 saturated heterocycles. The van der Waals surface area contributed by atoms with Crippen molar-refractivity contribution in [3.05, 3.63) is 87.4 Å². The van der Waals surface area contributed by atoms with Crippen LogP contribution in [0.5, 0.6) is 0 Å². The Bertz CT molecular complexity index is 984. The summed E-state index contributed by atoms with van der Waals surface area (Å²) in [5.74, 6) is -0.517. The molecule has 0 unspecified atom stereocenters. The van der Waals surface area contributed by atoms with Crippen LogP contribution in [-0.2, 0) is 30.9 Å². The quantitative estimate of drug-likeness (QED) is 0.711. The van der Waals surface area contributed by atoms with Gasteiger partial charge in [-0.2, -0.15) is 5.10 Å². The third-order valence-electron chi connectivity index (χ3n) is 4.72. The lowest BCUT2D eigenvalue weighted by Gasteiger charge is -2.15. The van der Waals surface area contributed by atoms with Gasteiger partial charge in [0.2, 0.25) is 0 Å². The fourth-order valence-corrected chi connectivity index (χ4v) is 3.38. The molecule has 3 aromatic rings. The SMILES string of the molecule is O=C(NCc1ccc(Cl)cc1)c1nn(Cc2ccc(F)cc2)c2c1COCC2. The molecular weight excluding hydrogens is 381 g/mol. The van der Waals surface area contributed by atoms with E-state index in [4.69, 9.17) is 16.3 Å². The van der Waals surface area contributed by atoms with Crippen LogP contribution in [0.2, 0.25) is 5.02 Å². The van der Waals surface area contributed by atoms with Crippen molar-refractivity contribution in [3.63, 3.8) is 0 Å². The largest absolute Gasteiger partial charge is 0.376 e. The normalized spacial score (nSPS) is 13.2. The summed E-state index contributed by atoms with van der Waals surface area (Å²) < 4.78 is 20.5. The fourth-order valence-electron chi connectivity index (χ4n) is 3.25. The second kappa shape index (κ2) is 8.12. The maximum Gasteiger partial charge on any atom is 0.272 e. The number of nitrogens with one attached hydrogen (secondary N) is 1. The van der Waals surface area contributed by atoms with Gasteiger partial charge in [-0.15, -0.1) is 0 Å². The summed E-state index contributed by atoms with van der Waals surface area (Å²) in [6.07, 6.45) is 0.688. The van der Waals surface area contributed by atoms with E-state index >= 15 is 0 Å². The van der Waals surface area contributed by atoms with E-state index in [0.29, 0.717) is 43.4 Å². The van der Waals surface area contributed by atoms with Crippen LogP contribution in [0.15, 0.2) is 48.5 Å². The summed E-state index contributed by atoms with van der Waals surface area (Å²) in [6.45, 7) is 1.82. The molecule has 0 spiro atoms. The molecule has 1 N–H and O–H groups in total. The van der Waals surface area contributed by atoms with Crippen molar-refractivity contribution >= 4 is 17.5 Å². The number of benzene rings is 2. The van der Waals surface area contributed by atoms with Gasteiger partial charge in [-0.1, -0.05) is 35.9 Å². The molecular formula is C21H19ClFN3O2. The summed E-state index contributed by atoms with van der Waals surface area (Å²) in [5, 5.41) is 8.11. The van der Waals surface area contributed by atoms with Gasteiger partial charge in [0.25, 0.3) is 5.91 Å². The number of carbonyl (C=O) groups excluding carboxylic acids is 1. The van der Waals surface area contributed by atoms with E-state index in [9.17, 15) is 9.18 Å². The lowest BCUT2D eigenvalue weighted by atomic mass is 10.1. The number of hydrogen-bond donors (Lipinski definition) is 1. The molecule has 2 aromatic carbocycles. The molecule has 7 heteroatoms. The Morgan fingerprint density at radius 2 is 1.86 bits per heavy atom. The number of ether oxygens (including phenoxy) is 1. The summed E-state index contributed by atoms with van der Waals surface area (Å²) in [5.41, 5.74) is 4.07. The van der Waals surface area contributed by atoms with Crippen molar-refractivity contribution in [1.82, 2.24) is 15.1 Å². The van der Waals surface area contributed by atoms with Crippen LogP contribution in [0.1, 0.15) is 32.9 Å². The van der Waals surface area contributed by atoms with Crippen molar-refractivity contribution in [2.24, 2.45) is 0 Å². The molecule has 0 bridgehead atoms. The van der Waals surface area contributed by atoms with E-state index in [-0.39, 0.29) is 11.7 Å². The van der Waals surface area contributed by atoms with E-state index in [0.717, 1.165) is 22.4 Å². The van der Waals surface area contributed by atoms with Crippen LogP contribution in [-0.4, -0.2) is 22.3 Å². The Morgan fingerprint density at radius 3 is 2.61 bits per heavy atom. The lowest BCUT2D eigenvalue weighted by molar-refractivity contribution is 0.0922. The third-order valence-corrected chi connectivity index (χ3v) is 4.98. The number of aromatic nitrogens is 2. The van der Waals surface area contributed by atoms with Gasteiger partial charge in [0.05, 0.1) is 19.8 Å². The topological polar surface area (TPSA) is 56.2 Å². The highest BCUT2D eigenvalue weighted by Gasteiger charge is 2.25. The van der Waals surface area contributed by atoms with Crippen molar-refractivity contribution < 1.29 is 13.9 Å². The van der Waals surface area contributed by atoms with Crippen molar-refractivity contribution in [3.8, 4) is 0 Å². The standard InChI is InChI=1S/C21H19ClFN3O2/c22-16-5-1-14(2-6-16)11-24-21(27)20-18-13-28-10-9-19(18)26(25-20)12-15-3-7-17(23)8-4-15/h1-8H,9-13H2,(H,24,27). The molecule has 28 heavy (non-hydrogen) atoms. The third kappa shape index (κ3) is 4.08. The van der Waals surface area contributed by atoms with Gasteiger partial charge in [0.1, 0.15) is 5.82 Å². The van der Waals surface area contributed by atoms with E-state index in [2.05, 4.69) is 10.4 Å². The van der Waals surface area contributed by atoms with E-state index in [1.807, 2.05) is 16.8 Å². The highest BCUT2D eigenvalue weighted by Crippen LogP contribution is 2.22. The maximum absolute atomic E-state index is 13.2. The average molecular weight is 400 g/mol. The molecule has 1 amide bonds. The van der Waals surface area contributed by atoms with Gasteiger partial charge in [-0.05, 0) is 35.4 Å². The first-order valence-corrected chi connectivity index (χ1v) is 9.41. The number of carbonyl (C=O) groups is 1. The minimum absolute atomic E-state index is 0.241. The zero-order chi connectivity index (χ0) is 19.5. The minimum atomic E-state index is -0.276. The lowest BCUT2D eigenvalue weighted by Crippen LogP contribution is -2.25. The number of hydrogen-bond acceptors (Lipinski definition) is 3. The van der Waals surface area contributed by atoms with Crippen LogP contribution < -0.4 is 5.32 Å². The van der Waals surface area contributed by atoms with Gasteiger partial charge in [0, 0.05) is 29.2 Å². The maximum atomic E-state index is 13.2. The molecule has 5 nitrogen and oxygen atoms in total. The number of fused-ring (bicyclic) bond motifs is 1. The molecule has 0 atom stereocenters.